The number of benzene rings is 2. The lowest BCUT2D eigenvalue weighted by Crippen LogP contribution is -2.23. The van der Waals surface area contributed by atoms with Crippen molar-refractivity contribution in [2.24, 2.45) is 0 Å². The van der Waals surface area contributed by atoms with Crippen molar-refractivity contribution in [3.63, 3.8) is 0 Å². The molecule has 2 rings (SSSR count). The molecular formula is C16H13F3N2O6S3. The second kappa shape index (κ2) is 9.14. The summed E-state index contributed by atoms with van der Waals surface area (Å²) >= 11 is -0.409. The Morgan fingerprint density at radius 2 is 1.90 bits per heavy atom. The van der Waals surface area contributed by atoms with Crippen LogP contribution in [0.15, 0.2) is 57.2 Å². The van der Waals surface area contributed by atoms with Crippen molar-refractivity contribution in [1.29, 1.82) is 0 Å². The monoisotopic (exact) mass is 482 g/mol. The number of carbonyl (C=O) groups excluding carboxylic acids is 1. The zero-order valence-electron chi connectivity index (χ0n) is 15.0. The molecular weight excluding hydrogens is 469 g/mol. The van der Waals surface area contributed by atoms with Crippen LogP contribution in [0.1, 0.15) is 0 Å². The van der Waals surface area contributed by atoms with Crippen LogP contribution in [0.4, 0.5) is 24.5 Å². The van der Waals surface area contributed by atoms with Gasteiger partial charge in [0.2, 0.25) is 5.91 Å². The van der Waals surface area contributed by atoms with Crippen LogP contribution in [0.25, 0.3) is 0 Å². The number of amides is 1. The quantitative estimate of drug-likeness (QED) is 0.365. The van der Waals surface area contributed by atoms with Crippen LogP contribution < -0.4 is 5.32 Å². The van der Waals surface area contributed by atoms with Crippen molar-refractivity contribution in [2.75, 3.05) is 17.3 Å². The summed E-state index contributed by atoms with van der Waals surface area (Å²) in [7, 11) is -6.07. The molecule has 0 bridgehead atoms. The number of alkyl halides is 3. The Balaban J connectivity index is 2.24. The van der Waals surface area contributed by atoms with Crippen molar-refractivity contribution >= 4 is 49.7 Å². The van der Waals surface area contributed by atoms with Crippen molar-refractivity contribution in [3.8, 4) is 0 Å². The first-order chi connectivity index (χ1) is 13.8. The Kier molecular flexibility index (Phi) is 7.26. The van der Waals surface area contributed by atoms with Gasteiger partial charge in [-0.15, -0.1) is 0 Å². The lowest BCUT2D eigenvalue weighted by atomic mass is 10.3. The number of nitro benzene ring substituents is 1. The topological polar surface area (TPSA) is 123 Å². The predicted molar refractivity (Wildman–Crippen MR) is 104 cm³/mol. The first-order valence-corrected chi connectivity index (χ1v) is 11.8. The summed E-state index contributed by atoms with van der Waals surface area (Å²) in [6, 6.07) is 7.54. The average Bonchev–Trinajstić information content (AvgIpc) is 2.59. The fourth-order valence-electron chi connectivity index (χ4n) is 2.30. The number of rotatable bonds is 7. The van der Waals surface area contributed by atoms with Gasteiger partial charge in [-0.3, -0.25) is 19.1 Å². The lowest BCUT2D eigenvalue weighted by molar-refractivity contribution is -0.388. The summed E-state index contributed by atoms with van der Waals surface area (Å²) < 4.78 is 73.8. The Bertz CT molecular complexity index is 1120. The number of halogens is 3. The molecule has 1 amide bonds. The lowest BCUT2D eigenvalue weighted by Gasteiger charge is -2.10. The molecule has 0 aliphatic heterocycles. The van der Waals surface area contributed by atoms with E-state index in [-0.39, 0.29) is 15.5 Å². The first-order valence-electron chi connectivity index (χ1n) is 7.79. The van der Waals surface area contributed by atoms with E-state index < -0.39 is 65.1 Å². The van der Waals surface area contributed by atoms with E-state index in [4.69, 9.17) is 0 Å². The van der Waals surface area contributed by atoms with E-state index in [9.17, 15) is 40.7 Å². The third-order valence-corrected chi connectivity index (χ3v) is 6.76. The van der Waals surface area contributed by atoms with Crippen LogP contribution in [-0.2, 0) is 25.4 Å². The maximum atomic E-state index is 12.5. The summed E-state index contributed by atoms with van der Waals surface area (Å²) in [5.74, 6) is -2.28. The van der Waals surface area contributed by atoms with Gasteiger partial charge in [-0.25, -0.2) is 8.42 Å². The molecule has 0 fully saturated rings. The van der Waals surface area contributed by atoms with E-state index in [1.165, 1.54) is 18.4 Å². The number of carbonyl (C=O) groups is 1. The van der Waals surface area contributed by atoms with Gasteiger partial charge in [-0.1, -0.05) is 6.07 Å². The van der Waals surface area contributed by atoms with E-state index >= 15 is 0 Å². The molecule has 2 aromatic carbocycles. The van der Waals surface area contributed by atoms with Crippen LogP contribution in [0.2, 0.25) is 0 Å². The number of nitrogens with zero attached hydrogens (tertiary/aromatic N) is 1. The minimum absolute atomic E-state index is 0.0316. The largest absolute Gasteiger partial charge is 0.446 e. The van der Waals surface area contributed by atoms with E-state index in [0.29, 0.717) is 0 Å². The van der Waals surface area contributed by atoms with Crippen LogP contribution in [-0.4, -0.2) is 41.0 Å². The molecule has 0 heterocycles. The second-order valence-electron chi connectivity index (χ2n) is 5.72. The van der Waals surface area contributed by atoms with Crippen molar-refractivity contribution in [2.45, 2.75) is 20.2 Å². The van der Waals surface area contributed by atoms with Crippen molar-refractivity contribution in [1.82, 2.24) is 0 Å². The van der Waals surface area contributed by atoms with Crippen molar-refractivity contribution in [3.05, 3.63) is 52.6 Å². The highest BCUT2D eigenvalue weighted by Gasteiger charge is 2.30. The molecule has 30 heavy (non-hydrogen) atoms. The number of thioether (sulfide) groups is 1. The van der Waals surface area contributed by atoms with E-state index in [2.05, 4.69) is 5.32 Å². The maximum Gasteiger partial charge on any atom is 0.446 e. The van der Waals surface area contributed by atoms with Gasteiger partial charge in [0.25, 0.3) is 5.69 Å². The highest BCUT2D eigenvalue weighted by molar-refractivity contribution is 8.00. The second-order valence-corrected chi connectivity index (χ2v) is 10.2. The number of anilines is 1. The Morgan fingerprint density at radius 1 is 1.23 bits per heavy atom. The van der Waals surface area contributed by atoms with Gasteiger partial charge in [-0.2, -0.15) is 13.2 Å². The zero-order chi connectivity index (χ0) is 22.7. The first kappa shape index (κ1) is 23.8. The molecule has 0 saturated heterocycles. The summed E-state index contributed by atoms with van der Waals surface area (Å²) in [6.07, 6.45) is 1.26. The van der Waals surface area contributed by atoms with Crippen LogP contribution in [0, 0.1) is 10.1 Å². The number of nitrogens with one attached hydrogen (secondary N) is 1. The highest BCUT2D eigenvalue weighted by atomic mass is 32.2. The molecule has 0 aliphatic rings. The Labute approximate surface area is 175 Å². The standard InChI is InChI=1S/C16H13F3N2O6S3/c1-29(25)12-5-6-14(13(8-12)21(23)24)30(26,27)9-15(22)20-10-3-2-4-11(7-10)28-16(17,18)19/h2-8H,9H2,1H3,(H,20,22). The minimum atomic E-state index is -4.54. The molecule has 0 spiro atoms. The molecule has 2 aromatic rings. The van der Waals surface area contributed by atoms with Gasteiger partial charge in [0.1, 0.15) is 10.6 Å². The number of hydrogen-bond acceptors (Lipinski definition) is 7. The molecule has 1 N–H and O–H groups in total. The molecule has 162 valence electrons. The third kappa shape index (κ3) is 6.53. The number of sulfone groups is 1. The number of nitro groups is 1. The molecule has 0 saturated carbocycles. The van der Waals surface area contributed by atoms with Crippen LogP contribution >= 0.6 is 11.8 Å². The molecule has 0 radical (unpaired) electrons. The fourth-order valence-corrected chi connectivity index (χ4v) is 4.74. The Hall–Kier alpha value is -2.45. The normalized spacial score (nSPS) is 12.9. The summed E-state index contributed by atoms with van der Waals surface area (Å²) in [5, 5.41) is 13.4. The summed E-state index contributed by atoms with van der Waals surface area (Å²) in [5.41, 5.74) is -5.45. The molecule has 0 aromatic heterocycles. The maximum absolute atomic E-state index is 12.5. The molecule has 0 aliphatic carbocycles. The summed E-state index contributed by atoms with van der Waals surface area (Å²) in [4.78, 5) is 21.4. The van der Waals surface area contributed by atoms with Gasteiger partial charge in [-0.05, 0) is 42.1 Å². The molecule has 8 nitrogen and oxygen atoms in total. The summed E-state index contributed by atoms with van der Waals surface area (Å²) in [6.45, 7) is 0. The molecule has 1 unspecified atom stereocenters. The van der Waals surface area contributed by atoms with Gasteiger partial charge in [0.15, 0.2) is 9.84 Å². The fraction of sp³-hybridized carbons (Fsp3) is 0.188. The van der Waals surface area contributed by atoms with Gasteiger partial charge >= 0.3 is 5.51 Å². The predicted octanol–water partition coefficient (Wildman–Crippen LogP) is 3.36. The minimum Gasteiger partial charge on any atom is -0.325 e. The Morgan fingerprint density at radius 3 is 2.47 bits per heavy atom. The highest BCUT2D eigenvalue weighted by Crippen LogP contribution is 2.37. The number of hydrogen-bond donors (Lipinski definition) is 1. The van der Waals surface area contributed by atoms with Gasteiger partial charge in [0, 0.05) is 27.8 Å². The van der Waals surface area contributed by atoms with Crippen LogP contribution in [0.3, 0.4) is 0 Å². The van der Waals surface area contributed by atoms with Crippen LogP contribution in [0.5, 0.6) is 0 Å². The van der Waals surface area contributed by atoms with E-state index in [1.54, 1.807) is 0 Å². The smallest absolute Gasteiger partial charge is 0.325 e. The third-order valence-electron chi connectivity index (χ3n) is 3.47. The van der Waals surface area contributed by atoms with E-state index in [1.807, 2.05) is 0 Å². The van der Waals surface area contributed by atoms with Gasteiger partial charge in [0.05, 0.1) is 15.7 Å². The van der Waals surface area contributed by atoms with E-state index in [0.717, 1.165) is 30.3 Å². The van der Waals surface area contributed by atoms with Crippen molar-refractivity contribution < 1.29 is 35.5 Å². The SMILES string of the molecule is CS(=O)c1ccc(S(=O)(=O)CC(=O)Nc2cccc(SC(F)(F)F)c2)c([N+](=O)[O-])c1. The molecule has 1 atom stereocenters. The average molecular weight is 482 g/mol. The zero-order valence-corrected chi connectivity index (χ0v) is 17.5. The molecule has 14 heteroatoms. The van der Waals surface area contributed by atoms with Gasteiger partial charge < -0.3 is 5.32 Å².